The number of rotatable bonds is 6. The van der Waals surface area contributed by atoms with E-state index in [0.29, 0.717) is 28.9 Å². The van der Waals surface area contributed by atoms with Gasteiger partial charge < -0.3 is 9.47 Å². The number of nitrogens with one attached hydrogen (secondary N) is 1. The number of nitrogens with zero attached hydrogens (tertiary/aromatic N) is 2. The van der Waals surface area contributed by atoms with Crippen LogP contribution in [0.3, 0.4) is 0 Å². The first-order valence-electron chi connectivity index (χ1n) is 6.45. The predicted octanol–water partition coefficient (Wildman–Crippen LogP) is 3.59. The van der Waals surface area contributed by atoms with Crippen LogP contribution in [-0.2, 0) is 0 Å². The minimum atomic E-state index is 0.482. The van der Waals surface area contributed by atoms with Gasteiger partial charge in [-0.15, -0.1) is 0 Å². The summed E-state index contributed by atoms with van der Waals surface area (Å²) in [4.78, 5) is 4.10. The summed E-state index contributed by atoms with van der Waals surface area (Å²) in [7, 11) is 1.57. The van der Waals surface area contributed by atoms with Gasteiger partial charge in [-0.25, -0.2) is 4.98 Å². The highest BCUT2D eigenvalue weighted by atomic mass is 35.5. The molecule has 0 unspecified atom stereocenters. The molecular weight excluding hydrogens is 290 g/mol. The van der Waals surface area contributed by atoms with E-state index in [4.69, 9.17) is 21.1 Å². The zero-order valence-corrected chi connectivity index (χ0v) is 12.6. The first kappa shape index (κ1) is 15.1. The molecule has 0 bridgehead atoms. The molecule has 2 aromatic rings. The van der Waals surface area contributed by atoms with Crippen molar-refractivity contribution in [2.75, 3.05) is 19.1 Å². The Morgan fingerprint density at radius 2 is 2.24 bits per heavy atom. The third-order valence-corrected chi connectivity index (χ3v) is 2.88. The minimum absolute atomic E-state index is 0.482. The van der Waals surface area contributed by atoms with Crippen LogP contribution in [0.4, 0.5) is 5.82 Å². The molecule has 1 N–H and O–H groups in total. The molecule has 0 aliphatic rings. The SMILES string of the molecule is CCOc1c(Cl)cc(/C=N\Nc2ccccn2)cc1OC. The number of anilines is 1. The second kappa shape index (κ2) is 7.50. The number of ether oxygens (including phenoxy) is 2. The van der Waals surface area contributed by atoms with Crippen LogP contribution < -0.4 is 14.9 Å². The molecule has 0 aliphatic heterocycles. The molecule has 2 rings (SSSR count). The Morgan fingerprint density at radius 3 is 2.90 bits per heavy atom. The molecule has 0 saturated heterocycles. The fraction of sp³-hybridized carbons (Fsp3) is 0.200. The molecule has 0 aliphatic carbocycles. The number of aromatic nitrogens is 1. The maximum atomic E-state index is 6.19. The van der Waals surface area contributed by atoms with Crippen LogP contribution in [0.15, 0.2) is 41.6 Å². The van der Waals surface area contributed by atoms with E-state index in [1.807, 2.05) is 25.1 Å². The fourth-order valence-electron chi connectivity index (χ4n) is 1.70. The number of hydrogen-bond acceptors (Lipinski definition) is 5. The summed E-state index contributed by atoms with van der Waals surface area (Å²) in [6.07, 6.45) is 3.33. The van der Waals surface area contributed by atoms with Gasteiger partial charge in [-0.1, -0.05) is 17.7 Å². The monoisotopic (exact) mass is 305 g/mol. The van der Waals surface area contributed by atoms with E-state index in [0.717, 1.165) is 5.56 Å². The van der Waals surface area contributed by atoms with Gasteiger partial charge in [0, 0.05) is 6.20 Å². The summed E-state index contributed by atoms with van der Waals surface area (Å²) < 4.78 is 10.7. The van der Waals surface area contributed by atoms with Crippen molar-refractivity contribution in [3.8, 4) is 11.5 Å². The Kier molecular flexibility index (Phi) is 5.40. The molecule has 0 fully saturated rings. The van der Waals surface area contributed by atoms with Crippen molar-refractivity contribution in [3.05, 3.63) is 47.1 Å². The standard InChI is InChI=1S/C15H16ClN3O2/c1-3-21-15-12(16)8-11(9-13(15)20-2)10-18-19-14-6-4-5-7-17-14/h4-10H,3H2,1-2H3,(H,17,19)/b18-10-. The van der Waals surface area contributed by atoms with E-state index >= 15 is 0 Å². The van der Waals surface area contributed by atoms with Gasteiger partial charge in [-0.05, 0) is 36.8 Å². The van der Waals surface area contributed by atoms with E-state index in [1.54, 1.807) is 31.7 Å². The van der Waals surface area contributed by atoms with Crippen LogP contribution in [0, 0.1) is 0 Å². The first-order chi connectivity index (χ1) is 10.2. The molecule has 0 saturated carbocycles. The maximum Gasteiger partial charge on any atom is 0.179 e. The summed E-state index contributed by atoms with van der Waals surface area (Å²) >= 11 is 6.19. The van der Waals surface area contributed by atoms with Gasteiger partial charge in [0.1, 0.15) is 5.82 Å². The summed E-state index contributed by atoms with van der Waals surface area (Å²) in [5.41, 5.74) is 3.63. The topological polar surface area (TPSA) is 55.7 Å². The Bertz CT molecular complexity index is 618. The smallest absolute Gasteiger partial charge is 0.179 e. The Balaban J connectivity index is 2.15. The molecule has 5 nitrogen and oxygen atoms in total. The molecule has 0 amide bonds. The lowest BCUT2D eigenvalue weighted by atomic mass is 10.2. The minimum Gasteiger partial charge on any atom is -0.493 e. The average molecular weight is 306 g/mol. The van der Waals surface area contributed by atoms with Gasteiger partial charge in [0.2, 0.25) is 0 Å². The number of hydrazone groups is 1. The highest BCUT2D eigenvalue weighted by molar-refractivity contribution is 6.32. The Labute approximate surface area is 128 Å². The summed E-state index contributed by atoms with van der Waals surface area (Å²) in [5, 5.41) is 4.59. The van der Waals surface area contributed by atoms with Crippen LogP contribution in [0.5, 0.6) is 11.5 Å². The predicted molar refractivity (Wildman–Crippen MR) is 84.6 cm³/mol. The molecule has 21 heavy (non-hydrogen) atoms. The highest BCUT2D eigenvalue weighted by Gasteiger charge is 2.10. The molecule has 1 aromatic carbocycles. The lowest BCUT2D eigenvalue weighted by Gasteiger charge is -2.11. The highest BCUT2D eigenvalue weighted by Crippen LogP contribution is 2.35. The summed E-state index contributed by atoms with van der Waals surface area (Å²) in [5.74, 6) is 1.78. The normalized spacial score (nSPS) is 10.6. The lowest BCUT2D eigenvalue weighted by Crippen LogP contribution is -1.98. The Hall–Kier alpha value is -2.27. The fourth-order valence-corrected chi connectivity index (χ4v) is 1.97. The van der Waals surface area contributed by atoms with Crippen molar-refractivity contribution in [1.82, 2.24) is 4.98 Å². The summed E-state index contributed by atoms with van der Waals surface area (Å²) in [6, 6.07) is 9.11. The second-order valence-corrected chi connectivity index (χ2v) is 4.46. The molecule has 1 heterocycles. The van der Waals surface area contributed by atoms with Gasteiger partial charge in [0.15, 0.2) is 11.5 Å². The quantitative estimate of drug-likeness (QED) is 0.654. The molecule has 0 spiro atoms. The van der Waals surface area contributed by atoms with E-state index < -0.39 is 0 Å². The van der Waals surface area contributed by atoms with E-state index in [1.165, 1.54) is 0 Å². The van der Waals surface area contributed by atoms with Crippen molar-refractivity contribution in [3.63, 3.8) is 0 Å². The zero-order chi connectivity index (χ0) is 15.1. The molecule has 1 aromatic heterocycles. The van der Waals surface area contributed by atoms with Gasteiger partial charge in [0.05, 0.1) is 25.0 Å². The number of methoxy groups -OCH3 is 1. The Morgan fingerprint density at radius 1 is 1.38 bits per heavy atom. The maximum absolute atomic E-state index is 6.19. The molecular formula is C15H16ClN3O2. The molecule has 110 valence electrons. The van der Waals surface area contributed by atoms with Gasteiger partial charge in [-0.3, -0.25) is 5.43 Å². The van der Waals surface area contributed by atoms with Crippen molar-refractivity contribution in [1.29, 1.82) is 0 Å². The van der Waals surface area contributed by atoms with E-state index in [-0.39, 0.29) is 0 Å². The largest absolute Gasteiger partial charge is 0.493 e. The van der Waals surface area contributed by atoms with Gasteiger partial charge >= 0.3 is 0 Å². The molecule has 0 radical (unpaired) electrons. The summed E-state index contributed by atoms with van der Waals surface area (Å²) in [6.45, 7) is 2.41. The van der Waals surface area contributed by atoms with E-state index in [2.05, 4.69) is 15.5 Å². The van der Waals surface area contributed by atoms with Crippen molar-refractivity contribution in [2.45, 2.75) is 6.92 Å². The van der Waals surface area contributed by atoms with Crippen LogP contribution in [0.1, 0.15) is 12.5 Å². The number of benzene rings is 1. The number of pyridine rings is 1. The van der Waals surface area contributed by atoms with Crippen LogP contribution in [0.2, 0.25) is 5.02 Å². The zero-order valence-electron chi connectivity index (χ0n) is 11.8. The third-order valence-electron chi connectivity index (χ3n) is 2.60. The lowest BCUT2D eigenvalue weighted by molar-refractivity contribution is 0.311. The second-order valence-electron chi connectivity index (χ2n) is 4.05. The first-order valence-corrected chi connectivity index (χ1v) is 6.82. The van der Waals surface area contributed by atoms with Gasteiger partial charge in [0.25, 0.3) is 0 Å². The van der Waals surface area contributed by atoms with Crippen LogP contribution in [0.25, 0.3) is 0 Å². The number of halogens is 1. The molecule has 6 heteroatoms. The van der Waals surface area contributed by atoms with E-state index in [9.17, 15) is 0 Å². The van der Waals surface area contributed by atoms with Crippen LogP contribution in [-0.4, -0.2) is 24.9 Å². The average Bonchev–Trinajstić information content (AvgIpc) is 2.51. The van der Waals surface area contributed by atoms with Crippen LogP contribution >= 0.6 is 11.6 Å². The van der Waals surface area contributed by atoms with Crippen molar-refractivity contribution >= 4 is 23.6 Å². The number of hydrogen-bond donors (Lipinski definition) is 1. The van der Waals surface area contributed by atoms with Crippen molar-refractivity contribution < 1.29 is 9.47 Å². The van der Waals surface area contributed by atoms with Crippen molar-refractivity contribution in [2.24, 2.45) is 5.10 Å². The third kappa shape index (κ3) is 4.10. The van der Waals surface area contributed by atoms with Gasteiger partial charge in [-0.2, -0.15) is 5.10 Å². The molecule has 0 atom stereocenters.